The van der Waals surface area contributed by atoms with Gasteiger partial charge in [0.1, 0.15) is 0 Å². The Hall–Kier alpha value is -1.89. The van der Waals surface area contributed by atoms with E-state index in [1.54, 1.807) is 0 Å². The summed E-state index contributed by atoms with van der Waals surface area (Å²) in [5, 5.41) is 0. The van der Waals surface area contributed by atoms with Crippen molar-refractivity contribution in [3.8, 4) is 0 Å². The first-order valence-corrected chi connectivity index (χ1v) is 10.0. The minimum atomic E-state index is 0.195. The summed E-state index contributed by atoms with van der Waals surface area (Å²) in [6.07, 6.45) is 1.03. The van der Waals surface area contributed by atoms with Gasteiger partial charge in [0.05, 0.1) is 5.69 Å². The molecule has 0 unspecified atom stereocenters. The molecule has 0 amide bonds. The molecule has 1 heteroatoms. The van der Waals surface area contributed by atoms with Crippen LogP contribution >= 0.6 is 0 Å². The lowest BCUT2D eigenvalue weighted by Crippen LogP contribution is -2.19. The predicted molar refractivity (Wildman–Crippen MR) is 121 cm³/mol. The van der Waals surface area contributed by atoms with Crippen LogP contribution in [-0.2, 0) is 11.8 Å². The van der Waals surface area contributed by atoms with E-state index in [1.807, 2.05) is 0 Å². The number of fused-ring (bicyclic) bond motifs is 1. The van der Waals surface area contributed by atoms with E-state index in [9.17, 15) is 0 Å². The molecule has 0 N–H and O–H groups in total. The molecule has 3 rings (SSSR count). The van der Waals surface area contributed by atoms with Crippen molar-refractivity contribution in [3.05, 3.63) is 63.7 Å². The number of hydrogen-bond donors (Lipinski definition) is 0. The van der Waals surface area contributed by atoms with Crippen LogP contribution in [0, 0.1) is 33.1 Å². The lowest BCUT2D eigenvalue weighted by atomic mass is 9.85. The van der Waals surface area contributed by atoms with Crippen LogP contribution in [0.15, 0.2) is 35.3 Å². The van der Waals surface area contributed by atoms with Crippen LogP contribution in [0.1, 0.15) is 74.9 Å². The number of nitrogens with zero attached hydrogens (tertiary/aromatic N) is 1. The fourth-order valence-electron chi connectivity index (χ4n) is 3.11. The zero-order chi connectivity index (χ0) is 20.6. The van der Waals surface area contributed by atoms with Gasteiger partial charge in [-0.15, -0.1) is 0 Å². The zero-order valence-electron chi connectivity index (χ0n) is 19.0. The molecule has 0 radical (unpaired) electrons. The van der Waals surface area contributed by atoms with Gasteiger partial charge in [-0.3, -0.25) is 4.99 Å². The summed E-state index contributed by atoms with van der Waals surface area (Å²) >= 11 is 0. The third-order valence-corrected chi connectivity index (χ3v) is 5.55. The molecule has 0 spiro atoms. The highest BCUT2D eigenvalue weighted by molar-refractivity contribution is 5.97. The Labute approximate surface area is 166 Å². The van der Waals surface area contributed by atoms with Gasteiger partial charge in [-0.2, -0.15) is 0 Å². The summed E-state index contributed by atoms with van der Waals surface area (Å²) in [7, 11) is 0. The smallest absolute Gasteiger partial charge is 0.0668 e. The Kier molecular flexibility index (Phi) is 6.04. The summed E-state index contributed by atoms with van der Waals surface area (Å²) in [4.78, 5) is 4.74. The van der Waals surface area contributed by atoms with Gasteiger partial charge in [0.2, 0.25) is 0 Å². The lowest BCUT2D eigenvalue weighted by molar-refractivity contribution is 0.584. The number of benzene rings is 2. The summed E-state index contributed by atoms with van der Waals surface area (Å²) < 4.78 is 0. The highest BCUT2D eigenvalue weighted by Gasteiger charge is 2.25. The summed E-state index contributed by atoms with van der Waals surface area (Å²) in [5.74, 6) is 0. The molecule has 0 bridgehead atoms. The van der Waals surface area contributed by atoms with E-state index in [0.29, 0.717) is 0 Å². The summed E-state index contributed by atoms with van der Waals surface area (Å²) in [6.45, 7) is 22.1. The van der Waals surface area contributed by atoms with Crippen molar-refractivity contribution in [2.75, 3.05) is 0 Å². The molecule has 0 atom stereocenters. The molecule has 1 aliphatic heterocycles. The molecule has 0 fully saturated rings. The van der Waals surface area contributed by atoms with Crippen LogP contribution in [0.2, 0.25) is 0 Å². The Balaban J connectivity index is 0.000000199. The average Bonchev–Trinajstić information content (AvgIpc) is 2.93. The van der Waals surface area contributed by atoms with Crippen molar-refractivity contribution < 1.29 is 0 Å². The maximum Gasteiger partial charge on any atom is 0.0668 e. The van der Waals surface area contributed by atoms with Crippen LogP contribution < -0.4 is 0 Å². The van der Waals surface area contributed by atoms with E-state index in [0.717, 1.165) is 6.42 Å². The first-order valence-electron chi connectivity index (χ1n) is 10.0. The predicted octanol–water partition coefficient (Wildman–Crippen LogP) is 7.58. The molecule has 0 saturated carbocycles. The molecule has 146 valence electrons. The largest absolute Gasteiger partial charge is 0.257 e. The molecule has 2 aromatic rings. The fourth-order valence-corrected chi connectivity index (χ4v) is 3.11. The molecule has 2 aromatic carbocycles. The highest BCUT2D eigenvalue weighted by atomic mass is 14.8. The SMILES string of the molecule is Cc1cc2c(cc1C)N=C(C(C)(C)C)C2.Cc1ccc(C(C)(C)C)cc1C. The maximum absolute atomic E-state index is 4.74. The average molecular weight is 364 g/mol. The molecule has 27 heavy (non-hydrogen) atoms. The van der Waals surface area contributed by atoms with Crippen molar-refractivity contribution in [1.82, 2.24) is 0 Å². The molecule has 1 nitrogen and oxygen atoms in total. The van der Waals surface area contributed by atoms with Crippen LogP contribution in [0.4, 0.5) is 5.69 Å². The van der Waals surface area contributed by atoms with E-state index in [1.165, 1.54) is 44.8 Å². The molecular weight excluding hydrogens is 326 g/mol. The normalized spacial score (nSPS) is 13.6. The number of hydrogen-bond acceptors (Lipinski definition) is 1. The van der Waals surface area contributed by atoms with E-state index < -0.39 is 0 Å². The minimum absolute atomic E-state index is 0.195. The Bertz CT molecular complexity index is 855. The molecule has 0 saturated heterocycles. The monoisotopic (exact) mass is 363 g/mol. The van der Waals surface area contributed by atoms with Crippen molar-refractivity contribution in [2.45, 2.75) is 81.1 Å². The highest BCUT2D eigenvalue weighted by Crippen LogP contribution is 2.34. The van der Waals surface area contributed by atoms with Crippen LogP contribution in [0.5, 0.6) is 0 Å². The molecule has 1 heterocycles. The van der Waals surface area contributed by atoms with Crippen LogP contribution in [-0.4, -0.2) is 5.71 Å². The lowest BCUT2D eigenvalue weighted by Gasteiger charge is -2.19. The van der Waals surface area contributed by atoms with Crippen LogP contribution in [0.3, 0.4) is 0 Å². The van der Waals surface area contributed by atoms with E-state index in [4.69, 9.17) is 4.99 Å². The summed E-state index contributed by atoms with van der Waals surface area (Å²) in [5.41, 5.74) is 11.3. The van der Waals surface area contributed by atoms with Crippen molar-refractivity contribution in [2.24, 2.45) is 10.4 Å². The van der Waals surface area contributed by atoms with Gasteiger partial charge < -0.3 is 0 Å². The van der Waals surface area contributed by atoms with Gasteiger partial charge in [0, 0.05) is 17.5 Å². The Morgan fingerprint density at radius 2 is 1.22 bits per heavy atom. The third-order valence-electron chi connectivity index (χ3n) is 5.55. The van der Waals surface area contributed by atoms with Gasteiger partial charge >= 0.3 is 0 Å². The van der Waals surface area contributed by atoms with E-state index >= 15 is 0 Å². The van der Waals surface area contributed by atoms with Crippen molar-refractivity contribution in [1.29, 1.82) is 0 Å². The quantitative estimate of drug-likeness (QED) is 0.457. The topological polar surface area (TPSA) is 12.4 Å². The Morgan fingerprint density at radius 3 is 1.74 bits per heavy atom. The van der Waals surface area contributed by atoms with Gasteiger partial charge in [-0.25, -0.2) is 0 Å². The first kappa shape index (κ1) is 21.4. The molecular formula is C26H37N. The van der Waals surface area contributed by atoms with Gasteiger partial charge in [0.25, 0.3) is 0 Å². The number of aryl methyl sites for hydroxylation is 4. The first-order chi connectivity index (χ1) is 12.3. The van der Waals surface area contributed by atoms with Crippen LogP contribution in [0.25, 0.3) is 0 Å². The van der Waals surface area contributed by atoms with Crippen molar-refractivity contribution in [3.63, 3.8) is 0 Å². The molecule has 0 aliphatic carbocycles. The van der Waals surface area contributed by atoms with E-state index in [-0.39, 0.29) is 10.8 Å². The zero-order valence-corrected chi connectivity index (χ0v) is 19.0. The minimum Gasteiger partial charge on any atom is -0.257 e. The Morgan fingerprint density at radius 1 is 0.667 bits per heavy atom. The van der Waals surface area contributed by atoms with Crippen molar-refractivity contribution >= 4 is 11.4 Å². The molecule has 0 aromatic heterocycles. The van der Waals surface area contributed by atoms with Gasteiger partial charge in [-0.05, 0) is 72.6 Å². The van der Waals surface area contributed by atoms with E-state index in [2.05, 4.69) is 99.6 Å². The second-order valence-electron chi connectivity index (χ2n) is 10.1. The van der Waals surface area contributed by atoms with Gasteiger partial charge in [0.15, 0.2) is 0 Å². The summed E-state index contributed by atoms with van der Waals surface area (Å²) in [6, 6.07) is 11.2. The third kappa shape index (κ3) is 5.31. The number of aliphatic imine (C=N–C) groups is 1. The standard InChI is InChI=1S/C14H19N.C12H18/c1-9-6-11-8-13(14(3,4)5)15-12(11)7-10(9)2;1-9-6-7-11(8-10(9)2)12(3,4)5/h6-7H,8H2,1-5H3;6-8H,1-5H3. The number of rotatable bonds is 0. The second-order valence-corrected chi connectivity index (χ2v) is 10.1. The maximum atomic E-state index is 4.74. The van der Waals surface area contributed by atoms with Gasteiger partial charge in [-0.1, -0.05) is 65.8 Å². The second kappa shape index (κ2) is 7.62. The fraction of sp³-hybridized carbons (Fsp3) is 0.500. The molecule has 1 aliphatic rings.